The third-order valence-electron chi connectivity index (χ3n) is 4.86. The molecule has 0 radical (unpaired) electrons. The molecule has 1 amide bonds. The summed E-state index contributed by atoms with van der Waals surface area (Å²) in [6, 6.07) is 27.0. The van der Waals surface area contributed by atoms with Gasteiger partial charge < -0.3 is 14.8 Å². The van der Waals surface area contributed by atoms with Crippen LogP contribution >= 0.6 is 15.9 Å². The Bertz CT molecular complexity index is 1200. The van der Waals surface area contributed by atoms with E-state index in [1.807, 2.05) is 73.7 Å². The van der Waals surface area contributed by atoms with Crippen molar-refractivity contribution in [2.24, 2.45) is 0 Å². The summed E-state index contributed by atoms with van der Waals surface area (Å²) in [5, 5.41) is 5.09. The summed E-state index contributed by atoms with van der Waals surface area (Å²) in [7, 11) is 0. The highest BCUT2D eigenvalue weighted by molar-refractivity contribution is 9.10. The van der Waals surface area contributed by atoms with Crippen molar-refractivity contribution in [2.75, 3.05) is 11.9 Å². The highest BCUT2D eigenvalue weighted by Crippen LogP contribution is 2.28. The van der Waals surface area contributed by atoms with E-state index in [4.69, 9.17) is 9.47 Å². The number of fused-ring (bicyclic) bond motifs is 1. The minimum absolute atomic E-state index is 0.184. The average molecular weight is 476 g/mol. The number of hydrogen-bond donors (Lipinski definition) is 1. The zero-order valence-corrected chi connectivity index (χ0v) is 18.7. The molecule has 0 bridgehead atoms. The van der Waals surface area contributed by atoms with Gasteiger partial charge in [-0.25, -0.2) is 0 Å². The molecule has 4 aromatic rings. The molecule has 0 aromatic heterocycles. The van der Waals surface area contributed by atoms with Crippen molar-refractivity contribution in [3.05, 3.63) is 101 Å². The average Bonchev–Trinajstić information content (AvgIpc) is 2.80. The van der Waals surface area contributed by atoms with Crippen LogP contribution in [0.25, 0.3) is 10.8 Å². The van der Waals surface area contributed by atoms with Crippen LogP contribution in [0.2, 0.25) is 0 Å². The summed E-state index contributed by atoms with van der Waals surface area (Å²) in [6.07, 6.45) is 0. The van der Waals surface area contributed by atoms with Gasteiger partial charge in [0.05, 0.1) is 6.61 Å². The second-order valence-electron chi connectivity index (χ2n) is 6.98. The first-order valence-electron chi connectivity index (χ1n) is 10.1. The quantitative estimate of drug-likeness (QED) is 0.318. The van der Waals surface area contributed by atoms with E-state index < -0.39 is 0 Å². The third kappa shape index (κ3) is 5.06. The topological polar surface area (TPSA) is 47.6 Å². The summed E-state index contributed by atoms with van der Waals surface area (Å²) < 4.78 is 12.9. The van der Waals surface area contributed by atoms with Crippen molar-refractivity contribution in [3.8, 4) is 11.5 Å². The van der Waals surface area contributed by atoms with Gasteiger partial charge in [0.1, 0.15) is 18.1 Å². The fourth-order valence-electron chi connectivity index (χ4n) is 3.34. The van der Waals surface area contributed by atoms with E-state index in [0.29, 0.717) is 24.5 Å². The standard InChI is InChI=1S/C26H22BrNO3/c1-2-30-24-15-10-19(26(29)28-22-13-11-21(27)12-14-22)16-20(24)17-31-25-9-5-7-18-6-3-4-8-23(18)25/h3-16H,2,17H2,1H3,(H,28,29). The van der Waals surface area contributed by atoms with Crippen LogP contribution in [0.3, 0.4) is 0 Å². The lowest BCUT2D eigenvalue weighted by atomic mass is 10.1. The lowest BCUT2D eigenvalue weighted by Gasteiger charge is -2.14. The maximum absolute atomic E-state index is 12.8. The van der Waals surface area contributed by atoms with E-state index in [9.17, 15) is 4.79 Å². The van der Waals surface area contributed by atoms with Crippen molar-refractivity contribution in [2.45, 2.75) is 13.5 Å². The predicted octanol–water partition coefficient (Wildman–Crippen LogP) is 6.83. The lowest BCUT2D eigenvalue weighted by molar-refractivity contribution is 0.102. The van der Waals surface area contributed by atoms with E-state index >= 15 is 0 Å². The Labute approximate surface area is 189 Å². The van der Waals surface area contributed by atoms with Crippen molar-refractivity contribution >= 4 is 38.3 Å². The molecule has 0 aliphatic heterocycles. The van der Waals surface area contributed by atoms with Crippen molar-refractivity contribution in [1.29, 1.82) is 0 Å². The van der Waals surface area contributed by atoms with Gasteiger partial charge in [-0.15, -0.1) is 0 Å². The Morgan fingerprint density at radius 2 is 1.65 bits per heavy atom. The van der Waals surface area contributed by atoms with Gasteiger partial charge in [0.25, 0.3) is 5.91 Å². The summed E-state index contributed by atoms with van der Waals surface area (Å²) in [6.45, 7) is 2.76. The van der Waals surface area contributed by atoms with Gasteiger partial charge in [0, 0.05) is 26.7 Å². The predicted molar refractivity (Wildman–Crippen MR) is 128 cm³/mol. The zero-order chi connectivity index (χ0) is 21.6. The molecule has 0 unspecified atom stereocenters. The first-order valence-corrected chi connectivity index (χ1v) is 10.9. The molecule has 0 spiro atoms. The molecule has 0 atom stereocenters. The Morgan fingerprint density at radius 1 is 0.871 bits per heavy atom. The van der Waals surface area contributed by atoms with Crippen LogP contribution in [0.5, 0.6) is 11.5 Å². The smallest absolute Gasteiger partial charge is 0.255 e. The molecule has 0 saturated heterocycles. The summed E-state index contributed by atoms with van der Waals surface area (Å²) in [5.41, 5.74) is 2.09. The first kappa shape index (κ1) is 20.9. The molecule has 1 N–H and O–H groups in total. The van der Waals surface area contributed by atoms with Crippen LogP contribution in [0.1, 0.15) is 22.8 Å². The molecule has 5 heteroatoms. The van der Waals surface area contributed by atoms with Crippen LogP contribution in [-0.2, 0) is 6.61 Å². The number of carbonyl (C=O) groups excluding carboxylic acids is 1. The Kier molecular flexibility index (Phi) is 6.53. The molecule has 0 fully saturated rings. The van der Waals surface area contributed by atoms with Crippen LogP contribution in [-0.4, -0.2) is 12.5 Å². The molecule has 156 valence electrons. The number of amides is 1. The maximum Gasteiger partial charge on any atom is 0.255 e. The second-order valence-corrected chi connectivity index (χ2v) is 7.90. The fourth-order valence-corrected chi connectivity index (χ4v) is 3.61. The van der Waals surface area contributed by atoms with Crippen molar-refractivity contribution < 1.29 is 14.3 Å². The number of ether oxygens (including phenoxy) is 2. The zero-order valence-electron chi connectivity index (χ0n) is 17.1. The van der Waals surface area contributed by atoms with Crippen LogP contribution in [0, 0.1) is 0 Å². The molecule has 0 aliphatic carbocycles. The maximum atomic E-state index is 12.8. The van der Waals surface area contributed by atoms with Gasteiger partial charge in [-0.05, 0) is 60.8 Å². The van der Waals surface area contributed by atoms with E-state index in [2.05, 4.69) is 33.4 Å². The minimum Gasteiger partial charge on any atom is -0.493 e. The van der Waals surface area contributed by atoms with Crippen molar-refractivity contribution in [3.63, 3.8) is 0 Å². The van der Waals surface area contributed by atoms with E-state index in [-0.39, 0.29) is 5.91 Å². The number of benzene rings is 4. The second kappa shape index (κ2) is 9.67. The lowest BCUT2D eigenvalue weighted by Crippen LogP contribution is -2.13. The molecule has 4 nitrogen and oxygen atoms in total. The van der Waals surface area contributed by atoms with Crippen LogP contribution < -0.4 is 14.8 Å². The van der Waals surface area contributed by atoms with Gasteiger partial charge >= 0.3 is 0 Å². The highest BCUT2D eigenvalue weighted by atomic mass is 79.9. The van der Waals surface area contributed by atoms with E-state index in [1.165, 1.54) is 0 Å². The van der Waals surface area contributed by atoms with Gasteiger partial charge in [-0.1, -0.05) is 52.3 Å². The van der Waals surface area contributed by atoms with E-state index in [1.54, 1.807) is 6.07 Å². The van der Waals surface area contributed by atoms with Gasteiger partial charge in [-0.3, -0.25) is 4.79 Å². The molecular formula is C26H22BrNO3. The number of anilines is 1. The fraction of sp³-hybridized carbons (Fsp3) is 0.115. The number of carbonyl (C=O) groups is 1. The molecule has 0 saturated carbocycles. The molecule has 4 aromatic carbocycles. The van der Waals surface area contributed by atoms with E-state index in [0.717, 1.165) is 32.2 Å². The van der Waals surface area contributed by atoms with Crippen molar-refractivity contribution in [1.82, 2.24) is 0 Å². The Hall–Kier alpha value is -3.31. The monoisotopic (exact) mass is 475 g/mol. The van der Waals surface area contributed by atoms with Gasteiger partial charge in [-0.2, -0.15) is 0 Å². The molecule has 4 rings (SSSR count). The summed E-state index contributed by atoms with van der Waals surface area (Å²) >= 11 is 3.40. The largest absolute Gasteiger partial charge is 0.493 e. The molecule has 0 heterocycles. The number of nitrogens with one attached hydrogen (secondary N) is 1. The van der Waals surface area contributed by atoms with Gasteiger partial charge in [0.15, 0.2) is 0 Å². The number of hydrogen-bond acceptors (Lipinski definition) is 3. The SMILES string of the molecule is CCOc1ccc(C(=O)Nc2ccc(Br)cc2)cc1COc1cccc2ccccc12. The third-order valence-corrected chi connectivity index (χ3v) is 5.39. The molecular weight excluding hydrogens is 454 g/mol. The summed E-state index contributed by atoms with van der Waals surface area (Å²) in [5.74, 6) is 1.32. The molecule has 31 heavy (non-hydrogen) atoms. The Morgan fingerprint density at radius 3 is 2.45 bits per heavy atom. The Balaban J connectivity index is 1.56. The number of rotatable bonds is 7. The van der Waals surface area contributed by atoms with Crippen LogP contribution in [0.15, 0.2) is 89.4 Å². The number of halogens is 1. The minimum atomic E-state index is -0.184. The molecule has 0 aliphatic rings. The first-order chi connectivity index (χ1) is 15.1. The van der Waals surface area contributed by atoms with Crippen LogP contribution in [0.4, 0.5) is 5.69 Å². The normalized spacial score (nSPS) is 10.6. The summed E-state index contributed by atoms with van der Waals surface area (Å²) in [4.78, 5) is 12.8. The highest BCUT2D eigenvalue weighted by Gasteiger charge is 2.12. The van der Waals surface area contributed by atoms with Gasteiger partial charge in [0.2, 0.25) is 0 Å².